The van der Waals surface area contributed by atoms with Crippen LogP contribution in [0.25, 0.3) is 0 Å². The van der Waals surface area contributed by atoms with Crippen molar-refractivity contribution >= 4 is 11.8 Å². The van der Waals surface area contributed by atoms with E-state index in [1.807, 2.05) is 11.8 Å². The molecule has 2 heteroatoms. The summed E-state index contributed by atoms with van der Waals surface area (Å²) in [6, 6.07) is 0. The number of hydrogen-bond donors (Lipinski definition) is 1. The minimum atomic E-state index is 0.823. The fourth-order valence-corrected chi connectivity index (χ4v) is 3.03. The number of rotatable bonds is 4. The second-order valence-electron chi connectivity index (χ2n) is 4.46. The van der Waals surface area contributed by atoms with Gasteiger partial charge >= 0.3 is 0 Å². The van der Waals surface area contributed by atoms with Crippen molar-refractivity contribution in [1.82, 2.24) is 0 Å². The van der Waals surface area contributed by atoms with Gasteiger partial charge in [0.1, 0.15) is 0 Å². The van der Waals surface area contributed by atoms with Crippen LogP contribution in [0.1, 0.15) is 32.6 Å². The minimum Gasteiger partial charge on any atom is -0.330 e. The zero-order chi connectivity index (χ0) is 9.68. The van der Waals surface area contributed by atoms with Crippen molar-refractivity contribution in [3.05, 3.63) is 0 Å². The summed E-state index contributed by atoms with van der Waals surface area (Å²) in [5, 5.41) is 0. The van der Waals surface area contributed by atoms with Gasteiger partial charge in [-0.05, 0) is 55.6 Å². The second-order valence-corrected chi connectivity index (χ2v) is 5.44. The van der Waals surface area contributed by atoms with Gasteiger partial charge in [0.15, 0.2) is 0 Å². The standard InChI is InChI=1S/C11H23NS/c1-9-3-4-11(8-12)10(7-9)5-6-13-2/h9-11H,3-8,12H2,1-2H3. The van der Waals surface area contributed by atoms with Crippen LogP contribution in [0.3, 0.4) is 0 Å². The normalized spacial score (nSPS) is 34.8. The molecule has 0 aliphatic heterocycles. The first kappa shape index (κ1) is 11.4. The van der Waals surface area contributed by atoms with E-state index in [0.29, 0.717) is 0 Å². The van der Waals surface area contributed by atoms with Crippen molar-refractivity contribution in [2.75, 3.05) is 18.6 Å². The van der Waals surface area contributed by atoms with E-state index in [1.165, 1.54) is 31.4 Å². The van der Waals surface area contributed by atoms with E-state index >= 15 is 0 Å². The van der Waals surface area contributed by atoms with Crippen molar-refractivity contribution in [3.63, 3.8) is 0 Å². The van der Waals surface area contributed by atoms with Gasteiger partial charge in [0.25, 0.3) is 0 Å². The summed E-state index contributed by atoms with van der Waals surface area (Å²) in [5.74, 6) is 3.99. The zero-order valence-electron chi connectivity index (χ0n) is 8.96. The minimum absolute atomic E-state index is 0.823. The Bertz CT molecular complexity index is 138. The number of nitrogens with two attached hydrogens (primary N) is 1. The van der Waals surface area contributed by atoms with Gasteiger partial charge in [-0.25, -0.2) is 0 Å². The maximum Gasteiger partial charge on any atom is -0.00462 e. The molecular formula is C11H23NS. The Labute approximate surface area is 86.8 Å². The molecule has 0 spiro atoms. The first-order valence-corrected chi connectivity index (χ1v) is 6.86. The lowest BCUT2D eigenvalue weighted by Gasteiger charge is -2.34. The monoisotopic (exact) mass is 201 g/mol. The molecule has 0 aromatic carbocycles. The van der Waals surface area contributed by atoms with E-state index in [2.05, 4.69) is 13.2 Å². The van der Waals surface area contributed by atoms with Gasteiger partial charge in [-0.2, -0.15) is 11.8 Å². The van der Waals surface area contributed by atoms with Gasteiger partial charge in [0, 0.05) is 0 Å². The molecule has 0 amide bonds. The van der Waals surface area contributed by atoms with Gasteiger partial charge in [-0.1, -0.05) is 13.3 Å². The molecular weight excluding hydrogens is 178 g/mol. The Balaban J connectivity index is 2.35. The molecule has 1 aliphatic carbocycles. The molecule has 0 aromatic heterocycles. The van der Waals surface area contributed by atoms with Crippen LogP contribution < -0.4 is 5.73 Å². The maximum absolute atomic E-state index is 5.80. The van der Waals surface area contributed by atoms with E-state index in [4.69, 9.17) is 5.73 Å². The molecule has 0 radical (unpaired) electrons. The van der Waals surface area contributed by atoms with Crippen molar-refractivity contribution in [1.29, 1.82) is 0 Å². The van der Waals surface area contributed by atoms with Gasteiger partial charge in [0.05, 0.1) is 0 Å². The topological polar surface area (TPSA) is 26.0 Å². The van der Waals surface area contributed by atoms with Crippen molar-refractivity contribution < 1.29 is 0 Å². The molecule has 13 heavy (non-hydrogen) atoms. The maximum atomic E-state index is 5.80. The molecule has 0 heterocycles. The highest BCUT2D eigenvalue weighted by Gasteiger charge is 2.26. The summed E-state index contributed by atoms with van der Waals surface area (Å²) in [6.07, 6.45) is 7.77. The largest absolute Gasteiger partial charge is 0.330 e. The van der Waals surface area contributed by atoms with Gasteiger partial charge < -0.3 is 5.73 Å². The van der Waals surface area contributed by atoms with E-state index in [9.17, 15) is 0 Å². The molecule has 1 fully saturated rings. The predicted molar refractivity (Wildman–Crippen MR) is 62.0 cm³/mol. The lowest BCUT2D eigenvalue weighted by Crippen LogP contribution is -2.30. The molecule has 2 N–H and O–H groups in total. The van der Waals surface area contributed by atoms with Crippen LogP contribution in [-0.2, 0) is 0 Å². The Kier molecular flexibility index (Phi) is 5.18. The Morgan fingerprint density at radius 1 is 1.31 bits per heavy atom. The van der Waals surface area contributed by atoms with Crippen LogP contribution >= 0.6 is 11.8 Å². The van der Waals surface area contributed by atoms with E-state index in [0.717, 1.165) is 24.3 Å². The fraction of sp³-hybridized carbons (Fsp3) is 1.00. The smallest absolute Gasteiger partial charge is 0.00462 e. The molecule has 1 saturated carbocycles. The highest BCUT2D eigenvalue weighted by atomic mass is 32.2. The van der Waals surface area contributed by atoms with Gasteiger partial charge in [0.2, 0.25) is 0 Å². The first-order valence-electron chi connectivity index (χ1n) is 5.47. The Hall–Kier alpha value is 0.310. The van der Waals surface area contributed by atoms with E-state index in [-0.39, 0.29) is 0 Å². The third kappa shape index (κ3) is 3.51. The highest BCUT2D eigenvalue weighted by Crippen LogP contribution is 2.35. The highest BCUT2D eigenvalue weighted by molar-refractivity contribution is 7.98. The lowest BCUT2D eigenvalue weighted by molar-refractivity contribution is 0.190. The van der Waals surface area contributed by atoms with Crippen LogP contribution in [0, 0.1) is 17.8 Å². The van der Waals surface area contributed by atoms with Crippen LogP contribution in [-0.4, -0.2) is 18.6 Å². The lowest BCUT2D eigenvalue weighted by atomic mass is 9.73. The summed E-state index contributed by atoms with van der Waals surface area (Å²) < 4.78 is 0. The second kappa shape index (κ2) is 5.92. The number of thioether (sulfide) groups is 1. The van der Waals surface area contributed by atoms with Crippen LogP contribution in [0.2, 0.25) is 0 Å². The van der Waals surface area contributed by atoms with Crippen molar-refractivity contribution in [2.24, 2.45) is 23.5 Å². The number of hydrogen-bond acceptors (Lipinski definition) is 2. The van der Waals surface area contributed by atoms with Crippen molar-refractivity contribution in [3.8, 4) is 0 Å². The molecule has 3 unspecified atom stereocenters. The van der Waals surface area contributed by atoms with E-state index < -0.39 is 0 Å². The molecule has 0 saturated heterocycles. The summed E-state index contributed by atoms with van der Waals surface area (Å²) in [7, 11) is 0. The van der Waals surface area contributed by atoms with Crippen LogP contribution in [0.15, 0.2) is 0 Å². The SMILES string of the molecule is CSCCC1CC(C)CCC1CN. The summed E-state index contributed by atoms with van der Waals surface area (Å²) in [6.45, 7) is 3.30. The Morgan fingerprint density at radius 3 is 2.69 bits per heavy atom. The third-order valence-corrected chi connectivity index (χ3v) is 4.04. The van der Waals surface area contributed by atoms with Crippen LogP contribution in [0.4, 0.5) is 0 Å². The van der Waals surface area contributed by atoms with Crippen molar-refractivity contribution in [2.45, 2.75) is 32.6 Å². The average molecular weight is 201 g/mol. The third-order valence-electron chi connectivity index (χ3n) is 3.40. The first-order chi connectivity index (χ1) is 6.27. The molecule has 0 bridgehead atoms. The van der Waals surface area contributed by atoms with E-state index in [1.54, 1.807) is 0 Å². The summed E-state index contributed by atoms with van der Waals surface area (Å²) >= 11 is 1.97. The molecule has 78 valence electrons. The zero-order valence-corrected chi connectivity index (χ0v) is 9.78. The molecule has 0 aromatic rings. The van der Waals surface area contributed by atoms with Gasteiger partial charge in [-0.3, -0.25) is 0 Å². The quantitative estimate of drug-likeness (QED) is 0.757. The van der Waals surface area contributed by atoms with Crippen LogP contribution in [0.5, 0.6) is 0 Å². The molecule has 1 aliphatic rings. The van der Waals surface area contributed by atoms with Gasteiger partial charge in [-0.15, -0.1) is 0 Å². The molecule has 3 atom stereocenters. The molecule has 1 rings (SSSR count). The average Bonchev–Trinajstić information content (AvgIpc) is 2.15. The summed E-state index contributed by atoms with van der Waals surface area (Å²) in [4.78, 5) is 0. The summed E-state index contributed by atoms with van der Waals surface area (Å²) in [5.41, 5.74) is 5.80. The Morgan fingerprint density at radius 2 is 2.08 bits per heavy atom. The fourth-order valence-electron chi connectivity index (χ4n) is 2.49. The predicted octanol–water partition coefficient (Wildman–Crippen LogP) is 2.75. The molecule has 1 nitrogen and oxygen atoms in total.